The lowest BCUT2D eigenvalue weighted by molar-refractivity contribution is 0.445. The topological polar surface area (TPSA) is 8.17 Å². The van der Waals surface area contributed by atoms with Gasteiger partial charge in [-0.25, -0.2) is 0 Å². The second-order valence-corrected chi connectivity index (χ2v) is 18.2. The minimum atomic E-state index is -0.151. The molecule has 0 radical (unpaired) electrons. The van der Waals surface area contributed by atoms with Crippen LogP contribution in [-0.4, -0.2) is 4.57 Å². The number of anilines is 3. The smallest absolute Gasteiger partial charge is 0.0547 e. The van der Waals surface area contributed by atoms with Gasteiger partial charge in [0, 0.05) is 38.6 Å². The van der Waals surface area contributed by atoms with Crippen LogP contribution in [0, 0.1) is 0 Å². The Hall–Kier alpha value is -7.16. The van der Waals surface area contributed by atoms with E-state index in [4.69, 9.17) is 0 Å². The maximum atomic E-state index is 2.61. The fraction of sp³-hybridized carbons (Fsp3) is 0.148. The summed E-state index contributed by atoms with van der Waals surface area (Å²) >= 11 is 0. The Morgan fingerprint density at radius 3 is 1.73 bits per heavy atom. The summed E-state index contributed by atoms with van der Waals surface area (Å²) < 4.78 is 2.43. The van der Waals surface area contributed by atoms with Crippen LogP contribution in [0.2, 0.25) is 0 Å². The van der Waals surface area contributed by atoms with Gasteiger partial charge < -0.3 is 9.47 Å². The molecule has 1 saturated carbocycles. The molecule has 0 spiro atoms. The third-order valence-corrected chi connectivity index (χ3v) is 14.4. The predicted molar refractivity (Wildman–Crippen MR) is 267 cm³/mol. The maximum absolute atomic E-state index is 2.61. The maximum Gasteiger partial charge on any atom is 0.0547 e. The van der Waals surface area contributed by atoms with Crippen LogP contribution in [0.25, 0.3) is 71.6 Å². The van der Waals surface area contributed by atoms with Crippen molar-refractivity contribution in [2.24, 2.45) is 0 Å². The lowest BCUT2D eigenvalue weighted by Gasteiger charge is -2.32. The van der Waals surface area contributed by atoms with E-state index in [1.165, 1.54) is 126 Å². The van der Waals surface area contributed by atoms with Crippen LogP contribution in [0.5, 0.6) is 0 Å². The fourth-order valence-electron chi connectivity index (χ4n) is 11.6. The molecule has 2 aliphatic carbocycles. The molecule has 1 heterocycles. The highest BCUT2D eigenvalue weighted by molar-refractivity contribution is 6.17. The number of para-hydroxylation sites is 4. The van der Waals surface area contributed by atoms with E-state index in [2.05, 4.69) is 224 Å². The van der Waals surface area contributed by atoms with E-state index in [0.29, 0.717) is 5.92 Å². The van der Waals surface area contributed by atoms with Gasteiger partial charge in [-0.2, -0.15) is 0 Å². The molecule has 0 aliphatic heterocycles. The first-order valence-corrected chi connectivity index (χ1v) is 22.9. The Labute approximate surface area is 370 Å². The van der Waals surface area contributed by atoms with Gasteiger partial charge in [0.1, 0.15) is 0 Å². The van der Waals surface area contributed by atoms with Crippen LogP contribution < -0.4 is 4.90 Å². The van der Waals surface area contributed by atoms with E-state index < -0.39 is 0 Å². The molecule has 12 rings (SSSR count). The summed E-state index contributed by atoms with van der Waals surface area (Å²) in [6, 6.07) is 75.0. The first kappa shape index (κ1) is 37.6. The van der Waals surface area contributed by atoms with Crippen molar-refractivity contribution in [3.05, 3.63) is 217 Å². The largest absolute Gasteiger partial charge is 0.309 e. The molecule has 0 saturated heterocycles. The molecule has 9 aromatic carbocycles. The zero-order valence-electron chi connectivity index (χ0n) is 36.1. The first-order valence-electron chi connectivity index (χ1n) is 22.9. The monoisotopic (exact) mass is 810 g/mol. The molecular formula is C61H50N2. The number of benzene rings is 9. The summed E-state index contributed by atoms with van der Waals surface area (Å²) in [4.78, 5) is 2.61. The summed E-state index contributed by atoms with van der Waals surface area (Å²) in [5.41, 5.74) is 18.7. The molecule has 10 aromatic rings. The number of nitrogens with zero attached hydrogens (tertiary/aromatic N) is 2. The lowest BCUT2D eigenvalue weighted by Crippen LogP contribution is -2.16. The molecule has 2 aliphatic rings. The second kappa shape index (κ2) is 15.0. The first-order chi connectivity index (χ1) is 31.1. The van der Waals surface area contributed by atoms with Gasteiger partial charge in [0.2, 0.25) is 0 Å². The normalized spacial score (nSPS) is 14.6. The molecule has 0 bridgehead atoms. The SMILES string of the molecule is CC1(C)c2ccccc2-c2c(N(c3ccccc3-c3cccc4cccc(C5CCCCC5)c34)c3ccccc3-c3cccc4c3c3ccccc3n4-c3ccccc3)cccc21. The Balaban J connectivity index is 1.17. The molecule has 0 N–H and O–H groups in total. The van der Waals surface area contributed by atoms with Crippen molar-refractivity contribution in [2.45, 2.75) is 57.3 Å². The Kier molecular flexibility index (Phi) is 8.97. The number of aromatic nitrogens is 1. The zero-order chi connectivity index (χ0) is 42.1. The van der Waals surface area contributed by atoms with Gasteiger partial charge in [0.15, 0.2) is 0 Å². The van der Waals surface area contributed by atoms with Gasteiger partial charge in [-0.1, -0.05) is 191 Å². The zero-order valence-corrected chi connectivity index (χ0v) is 36.1. The fourth-order valence-corrected chi connectivity index (χ4v) is 11.6. The number of hydrogen-bond donors (Lipinski definition) is 0. The van der Waals surface area contributed by atoms with Crippen molar-refractivity contribution >= 4 is 49.6 Å². The summed E-state index contributed by atoms with van der Waals surface area (Å²) in [5, 5.41) is 5.22. The predicted octanol–water partition coefficient (Wildman–Crippen LogP) is 17.1. The van der Waals surface area contributed by atoms with E-state index in [-0.39, 0.29) is 5.41 Å². The van der Waals surface area contributed by atoms with Crippen molar-refractivity contribution in [2.75, 3.05) is 4.90 Å². The molecule has 63 heavy (non-hydrogen) atoms. The summed E-state index contributed by atoms with van der Waals surface area (Å²) in [6.45, 7) is 4.78. The Morgan fingerprint density at radius 2 is 0.968 bits per heavy atom. The molecule has 2 heteroatoms. The van der Waals surface area contributed by atoms with Crippen LogP contribution in [0.1, 0.15) is 68.6 Å². The van der Waals surface area contributed by atoms with Gasteiger partial charge in [0.05, 0.1) is 28.1 Å². The standard InChI is InChI=1S/C61H50N2/c1-61(2)51-34-13-9-29-49(51)60-52(61)35-20-40-57(60)63(53-36-14-10-27-45(53)47-32-18-24-42-23-17-31-44(58(42)47)41-21-5-3-6-22-41)54-37-15-11-28-46(54)48-33-19-39-56-59(48)50-30-12-16-38-55(50)62(56)43-25-7-4-8-26-43/h4,7-20,23-41H,3,5-6,21-22H2,1-2H3. The lowest BCUT2D eigenvalue weighted by atomic mass is 9.80. The van der Waals surface area contributed by atoms with Gasteiger partial charge in [-0.15, -0.1) is 0 Å². The van der Waals surface area contributed by atoms with E-state index in [1.54, 1.807) is 0 Å². The van der Waals surface area contributed by atoms with E-state index in [0.717, 1.165) is 11.4 Å². The van der Waals surface area contributed by atoms with Crippen LogP contribution in [-0.2, 0) is 5.41 Å². The highest BCUT2D eigenvalue weighted by atomic mass is 15.2. The number of rotatable bonds is 7. The highest BCUT2D eigenvalue weighted by Gasteiger charge is 2.38. The van der Waals surface area contributed by atoms with Crippen LogP contribution in [0.15, 0.2) is 200 Å². The average Bonchev–Trinajstić information content (AvgIpc) is 3.81. The van der Waals surface area contributed by atoms with Crippen molar-refractivity contribution in [1.29, 1.82) is 0 Å². The van der Waals surface area contributed by atoms with Crippen molar-refractivity contribution in [3.63, 3.8) is 0 Å². The second-order valence-electron chi connectivity index (χ2n) is 18.2. The summed E-state index contributed by atoms with van der Waals surface area (Å²) in [6.07, 6.45) is 6.46. The summed E-state index contributed by atoms with van der Waals surface area (Å²) in [7, 11) is 0. The van der Waals surface area contributed by atoms with E-state index >= 15 is 0 Å². The van der Waals surface area contributed by atoms with Crippen molar-refractivity contribution in [3.8, 4) is 39.1 Å². The number of hydrogen-bond acceptors (Lipinski definition) is 1. The average molecular weight is 811 g/mol. The minimum Gasteiger partial charge on any atom is -0.309 e. The molecule has 304 valence electrons. The highest BCUT2D eigenvalue weighted by Crippen LogP contribution is 2.56. The van der Waals surface area contributed by atoms with Crippen LogP contribution in [0.4, 0.5) is 17.1 Å². The molecule has 0 atom stereocenters. The van der Waals surface area contributed by atoms with Gasteiger partial charge in [-0.3, -0.25) is 0 Å². The Morgan fingerprint density at radius 1 is 0.429 bits per heavy atom. The quantitative estimate of drug-likeness (QED) is 0.156. The molecule has 1 aromatic heterocycles. The third-order valence-electron chi connectivity index (χ3n) is 14.4. The molecular weight excluding hydrogens is 761 g/mol. The minimum absolute atomic E-state index is 0.151. The van der Waals surface area contributed by atoms with Gasteiger partial charge in [0.25, 0.3) is 0 Å². The van der Waals surface area contributed by atoms with Gasteiger partial charge >= 0.3 is 0 Å². The van der Waals surface area contributed by atoms with Gasteiger partial charge in [-0.05, 0) is 105 Å². The Bertz CT molecular complexity index is 3360. The van der Waals surface area contributed by atoms with Crippen molar-refractivity contribution < 1.29 is 0 Å². The van der Waals surface area contributed by atoms with E-state index in [9.17, 15) is 0 Å². The summed E-state index contributed by atoms with van der Waals surface area (Å²) in [5.74, 6) is 0.572. The molecule has 0 unspecified atom stereocenters. The van der Waals surface area contributed by atoms with E-state index in [1.807, 2.05) is 0 Å². The van der Waals surface area contributed by atoms with Crippen LogP contribution >= 0.6 is 0 Å². The number of fused-ring (bicyclic) bond motifs is 7. The molecule has 0 amide bonds. The molecule has 1 fully saturated rings. The van der Waals surface area contributed by atoms with Crippen molar-refractivity contribution in [1.82, 2.24) is 4.57 Å². The molecule has 2 nitrogen and oxygen atoms in total. The third kappa shape index (κ3) is 5.92. The van der Waals surface area contributed by atoms with Crippen LogP contribution in [0.3, 0.4) is 0 Å².